The number of fused-ring (bicyclic) bond motifs is 1. The maximum absolute atomic E-state index is 12.9. The van der Waals surface area contributed by atoms with Crippen molar-refractivity contribution in [1.82, 2.24) is 4.57 Å². The molecule has 0 saturated carbocycles. The smallest absolute Gasteiger partial charge is 0.279 e. The fraction of sp³-hybridized carbons (Fsp3) is 0.200. The number of aromatic nitrogens is 1. The van der Waals surface area contributed by atoms with Gasteiger partial charge in [0.15, 0.2) is 4.80 Å². The summed E-state index contributed by atoms with van der Waals surface area (Å²) in [5.74, 6) is -0.225. The minimum absolute atomic E-state index is 0.225. The van der Waals surface area contributed by atoms with Gasteiger partial charge in [0.2, 0.25) is 0 Å². The molecule has 0 bridgehead atoms. The quantitative estimate of drug-likeness (QED) is 0.444. The van der Waals surface area contributed by atoms with Crippen LogP contribution >= 0.6 is 11.3 Å². The Hall–Kier alpha value is -3.02. The zero-order valence-electron chi connectivity index (χ0n) is 17.2. The zero-order chi connectivity index (χ0) is 20.9. The number of para-hydroxylation sites is 1. The van der Waals surface area contributed by atoms with Gasteiger partial charge in [-0.3, -0.25) is 4.79 Å². The van der Waals surface area contributed by atoms with Crippen LogP contribution < -0.4 is 4.80 Å². The average molecular weight is 417 g/mol. The number of aryl methyl sites for hydroxylation is 1. The van der Waals surface area contributed by atoms with E-state index in [9.17, 15) is 4.79 Å². The second-order valence-electron chi connectivity index (χ2n) is 7.23. The van der Waals surface area contributed by atoms with Crippen LogP contribution in [0.1, 0.15) is 27.0 Å². The molecule has 1 amide bonds. The SMILES string of the molecule is COCCn1c(=NC(=O)c2ccc(Cc3ccccc3)cc2)sc2cccc(C)c21. The van der Waals surface area contributed by atoms with E-state index in [4.69, 9.17) is 4.74 Å². The molecule has 0 saturated heterocycles. The molecule has 1 aromatic heterocycles. The Balaban J connectivity index is 1.64. The maximum Gasteiger partial charge on any atom is 0.279 e. The number of carbonyl (C=O) groups is 1. The van der Waals surface area contributed by atoms with Gasteiger partial charge in [0.1, 0.15) is 0 Å². The van der Waals surface area contributed by atoms with Crippen LogP contribution in [0.25, 0.3) is 10.2 Å². The van der Waals surface area contributed by atoms with E-state index in [0.29, 0.717) is 23.5 Å². The van der Waals surface area contributed by atoms with Crippen molar-refractivity contribution >= 4 is 27.5 Å². The first-order chi connectivity index (χ1) is 14.7. The largest absolute Gasteiger partial charge is 0.383 e. The molecule has 0 radical (unpaired) electrons. The van der Waals surface area contributed by atoms with E-state index in [-0.39, 0.29) is 5.91 Å². The predicted molar refractivity (Wildman–Crippen MR) is 122 cm³/mol. The highest BCUT2D eigenvalue weighted by Gasteiger charge is 2.11. The van der Waals surface area contributed by atoms with E-state index < -0.39 is 0 Å². The van der Waals surface area contributed by atoms with Crippen molar-refractivity contribution in [2.24, 2.45) is 4.99 Å². The van der Waals surface area contributed by atoms with Crippen molar-refractivity contribution in [1.29, 1.82) is 0 Å². The number of nitrogens with zero attached hydrogens (tertiary/aromatic N) is 2. The third kappa shape index (κ3) is 4.42. The number of carbonyl (C=O) groups excluding carboxylic acids is 1. The normalized spacial score (nSPS) is 11.9. The third-order valence-electron chi connectivity index (χ3n) is 5.07. The number of hydrogen-bond acceptors (Lipinski definition) is 3. The summed E-state index contributed by atoms with van der Waals surface area (Å²) in [6.07, 6.45) is 0.846. The molecule has 5 heteroatoms. The van der Waals surface area contributed by atoms with Gasteiger partial charge in [0.05, 0.1) is 16.8 Å². The Kier molecular flexibility index (Phi) is 6.21. The molecule has 0 aliphatic rings. The Labute approximate surface area is 180 Å². The van der Waals surface area contributed by atoms with Gasteiger partial charge in [-0.05, 0) is 48.2 Å². The number of amides is 1. The lowest BCUT2D eigenvalue weighted by atomic mass is 10.0. The molecular formula is C25H24N2O2S. The van der Waals surface area contributed by atoms with E-state index in [2.05, 4.69) is 40.7 Å². The van der Waals surface area contributed by atoms with Gasteiger partial charge in [-0.15, -0.1) is 0 Å². The molecular weight excluding hydrogens is 392 g/mol. The van der Waals surface area contributed by atoms with Crippen molar-refractivity contribution in [3.8, 4) is 0 Å². The first kappa shape index (κ1) is 20.3. The highest BCUT2D eigenvalue weighted by Crippen LogP contribution is 2.21. The number of benzene rings is 3. The molecule has 0 atom stereocenters. The minimum Gasteiger partial charge on any atom is -0.383 e. The van der Waals surface area contributed by atoms with Crippen LogP contribution in [0.5, 0.6) is 0 Å². The third-order valence-corrected chi connectivity index (χ3v) is 6.11. The molecule has 0 spiro atoms. The lowest BCUT2D eigenvalue weighted by Crippen LogP contribution is -2.19. The summed E-state index contributed by atoms with van der Waals surface area (Å²) in [5, 5.41) is 0. The van der Waals surface area contributed by atoms with Crippen LogP contribution in [0.3, 0.4) is 0 Å². The van der Waals surface area contributed by atoms with E-state index in [1.807, 2.05) is 48.5 Å². The topological polar surface area (TPSA) is 43.6 Å². The van der Waals surface area contributed by atoms with Crippen LogP contribution in [0.4, 0.5) is 0 Å². The summed E-state index contributed by atoms with van der Waals surface area (Å²) in [7, 11) is 1.68. The first-order valence-corrected chi connectivity index (χ1v) is 10.8. The van der Waals surface area contributed by atoms with Crippen molar-refractivity contribution in [2.75, 3.05) is 13.7 Å². The van der Waals surface area contributed by atoms with Gasteiger partial charge < -0.3 is 9.30 Å². The lowest BCUT2D eigenvalue weighted by Gasteiger charge is -2.06. The van der Waals surface area contributed by atoms with Crippen LogP contribution in [0.2, 0.25) is 0 Å². The summed E-state index contributed by atoms with van der Waals surface area (Å²) in [6.45, 7) is 3.30. The highest BCUT2D eigenvalue weighted by molar-refractivity contribution is 7.16. The Morgan fingerprint density at radius 1 is 0.967 bits per heavy atom. The number of hydrogen-bond donors (Lipinski definition) is 0. The van der Waals surface area contributed by atoms with Gasteiger partial charge in [0.25, 0.3) is 5.91 Å². The fourth-order valence-electron chi connectivity index (χ4n) is 3.53. The molecule has 0 unspecified atom stereocenters. The standard InChI is InChI=1S/C25H24N2O2S/c1-18-7-6-10-22-23(18)27(15-16-29-2)25(30-22)26-24(28)21-13-11-20(12-14-21)17-19-8-4-3-5-9-19/h3-14H,15-17H2,1-2H3. The van der Waals surface area contributed by atoms with Gasteiger partial charge in [-0.2, -0.15) is 4.99 Å². The number of thiazole rings is 1. The summed E-state index contributed by atoms with van der Waals surface area (Å²) < 4.78 is 8.47. The van der Waals surface area contributed by atoms with Crippen molar-refractivity contribution < 1.29 is 9.53 Å². The summed E-state index contributed by atoms with van der Waals surface area (Å²) >= 11 is 1.54. The predicted octanol–water partition coefficient (Wildman–Crippen LogP) is 4.99. The molecule has 30 heavy (non-hydrogen) atoms. The van der Waals surface area contributed by atoms with E-state index in [0.717, 1.165) is 16.6 Å². The van der Waals surface area contributed by atoms with Crippen molar-refractivity contribution in [3.05, 3.63) is 99.9 Å². The second-order valence-corrected chi connectivity index (χ2v) is 8.24. The van der Waals surface area contributed by atoms with Crippen molar-refractivity contribution in [3.63, 3.8) is 0 Å². The van der Waals surface area contributed by atoms with Crippen LogP contribution in [-0.4, -0.2) is 24.2 Å². The van der Waals surface area contributed by atoms with Gasteiger partial charge in [-0.25, -0.2) is 0 Å². The monoisotopic (exact) mass is 416 g/mol. The molecule has 0 N–H and O–H groups in total. The highest BCUT2D eigenvalue weighted by atomic mass is 32.1. The summed E-state index contributed by atoms with van der Waals surface area (Å²) in [6, 6.07) is 24.2. The Morgan fingerprint density at radius 2 is 1.70 bits per heavy atom. The molecule has 0 fully saturated rings. The number of methoxy groups -OCH3 is 1. The summed E-state index contributed by atoms with van der Waals surface area (Å²) in [4.78, 5) is 18.0. The van der Waals surface area contributed by atoms with Crippen LogP contribution in [0, 0.1) is 6.92 Å². The maximum atomic E-state index is 12.9. The number of ether oxygens (including phenoxy) is 1. The van der Waals surface area contributed by atoms with E-state index in [1.165, 1.54) is 28.0 Å². The van der Waals surface area contributed by atoms with E-state index in [1.54, 1.807) is 7.11 Å². The Bertz CT molecular complexity index is 1220. The molecule has 4 aromatic rings. The Morgan fingerprint density at radius 3 is 2.43 bits per heavy atom. The minimum atomic E-state index is -0.225. The molecule has 152 valence electrons. The van der Waals surface area contributed by atoms with Crippen LogP contribution in [-0.2, 0) is 17.7 Å². The van der Waals surface area contributed by atoms with Gasteiger partial charge in [0, 0.05) is 19.2 Å². The van der Waals surface area contributed by atoms with Gasteiger partial charge in [-0.1, -0.05) is 65.9 Å². The van der Waals surface area contributed by atoms with Crippen LogP contribution in [0.15, 0.2) is 77.8 Å². The molecule has 0 aliphatic carbocycles. The molecule has 0 aliphatic heterocycles. The second kappa shape index (κ2) is 9.20. The van der Waals surface area contributed by atoms with Crippen molar-refractivity contribution in [2.45, 2.75) is 19.9 Å². The molecule has 4 nitrogen and oxygen atoms in total. The zero-order valence-corrected chi connectivity index (χ0v) is 18.0. The molecule has 4 rings (SSSR count). The number of rotatable bonds is 6. The lowest BCUT2D eigenvalue weighted by molar-refractivity contribution is 0.0997. The van der Waals surface area contributed by atoms with E-state index >= 15 is 0 Å². The average Bonchev–Trinajstić information content (AvgIpc) is 3.11. The molecule has 1 heterocycles. The molecule has 3 aromatic carbocycles. The first-order valence-electron chi connectivity index (χ1n) is 9.95. The summed E-state index contributed by atoms with van der Waals surface area (Å²) in [5.41, 5.74) is 5.30. The van der Waals surface area contributed by atoms with Gasteiger partial charge >= 0.3 is 0 Å². The fourth-order valence-corrected chi connectivity index (χ4v) is 4.66.